The van der Waals surface area contributed by atoms with E-state index in [0.717, 1.165) is 22.7 Å². The molecule has 0 unspecified atom stereocenters. The lowest BCUT2D eigenvalue weighted by atomic mass is 10.2. The van der Waals surface area contributed by atoms with Crippen LogP contribution in [-0.2, 0) is 11.3 Å². The van der Waals surface area contributed by atoms with Crippen LogP contribution in [0.5, 0.6) is 5.75 Å². The SMILES string of the molecule is CCn1c(SCC(=O)Nc2nc(-c3ccc(F)cc3)cs2)nnc1-c1ccc(OC)cc1. The Morgan fingerprint density at radius 2 is 1.84 bits per heavy atom. The summed E-state index contributed by atoms with van der Waals surface area (Å²) in [6.07, 6.45) is 0. The highest BCUT2D eigenvalue weighted by molar-refractivity contribution is 7.99. The monoisotopic (exact) mass is 469 g/mol. The topological polar surface area (TPSA) is 81.9 Å². The number of ether oxygens (including phenoxy) is 1. The van der Waals surface area contributed by atoms with E-state index >= 15 is 0 Å². The highest BCUT2D eigenvalue weighted by Crippen LogP contribution is 2.27. The van der Waals surface area contributed by atoms with Crippen molar-refractivity contribution in [2.45, 2.75) is 18.6 Å². The molecule has 1 amide bonds. The van der Waals surface area contributed by atoms with Gasteiger partial charge in [0.1, 0.15) is 11.6 Å². The average molecular weight is 470 g/mol. The lowest BCUT2D eigenvalue weighted by Gasteiger charge is -2.08. The summed E-state index contributed by atoms with van der Waals surface area (Å²) in [5.41, 5.74) is 2.40. The van der Waals surface area contributed by atoms with Gasteiger partial charge in [-0.15, -0.1) is 21.5 Å². The van der Waals surface area contributed by atoms with Crippen LogP contribution in [0.3, 0.4) is 0 Å². The summed E-state index contributed by atoms with van der Waals surface area (Å²) in [6, 6.07) is 13.7. The normalized spacial score (nSPS) is 10.8. The van der Waals surface area contributed by atoms with Gasteiger partial charge in [0.15, 0.2) is 16.1 Å². The molecule has 0 bridgehead atoms. The summed E-state index contributed by atoms with van der Waals surface area (Å²) >= 11 is 2.64. The highest BCUT2D eigenvalue weighted by Gasteiger charge is 2.15. The van der Waals surface area contributed by atoms with E-state index in [-0.39, 0.29) is 17.5 Å². The molecular weight excluding hydrogens is 449 g/mol. The number of thioether (sulfide) groups is 1. The van der Waals surface area contributed by atoms with E-state index < -0.39 is 0 Å². The first-order valence-electron chi connectivity index (χ1n) is 9.79. The minimum Gasteiger partial charge on any atom is -0.497 e. The van der Waals surface area contributed by atoms with Gasteiger partial charge < -0.3 is 14.6 Å². The van der Waals surface area contributed by atoms with Gasteiger partial charge in [0.2, 0.25) is 5.91 Å². The van der Waals surface area contributed by atoms with E-state index in [2.05, 4.69) is 20.5 Å². The number of rotatable bonds is 8. The fraction of sp³-hybridized carbons (Fsp3) is 0.182. The summed E-state index contributed by atoms with van der Waals surface area (Å²) in [5.74, 6) is 1.19. The van der Waals surface area contributed by atoms with Crippen molar-refractivity contribution in [3.05, 3.63) is 59.7 Å². The second-order valence-electron chi connectivity index (χ2n) is 6.66. The smallest absolute Gasteiger partial charge is 0.236 e. The Labute approximate surface area is 192 Å². The molecule has 1 N–H and O–H groups in total. The molecule has 0 spiro atoms. The molecule has 32 heavy (non-hydrogen) atoms. The number of hydrogen-bond acceptors (Lipinski definition) is 7. The van der Waals surface area contributed by atoms with Crippen LogP contribution in [0.4, 0.5) is 9.52 Å². The summed E-state index contributed by atoms with van der Waals surface area (Å²) in [4.78, 5) is 16.8. The van der Waals surface area contributed by atoms with Crippen molar-refractivity contribution in [1.29, 1.82) is 0 Å². The van der Waals surface area contributed by atoms with Gasteiger partial charge in [0, 0.05) is 23.1 Å². The molecule has 0 saturated carbocycles. The Morgan fingerprint density at radius 1 is 1.12 bits per heavy atom. The van der Waals surface area contributed by atoms with Crippen LogP contribution in [0.15, 0.2) is 59.1 Å². The predicted molar refractivity (Wildman–Crippen MR) is 125 cm³/mol. The van der Waals surface area contributed by atoms with E-state index in [1.165, 1.54) is 35.2 Å². The maximum Gasteiger partial charge on any atom is 0.236 e. The van der Waals surface area contributed by atoms with Gasteiger partial charge in [-0.25, -0.2) is 9.37 Å². The number of aromatic nitrogens is 4. The lowest BCUT2D eigenvalue weighted by Crippen LogP contribution is -2.14. The van der Waals surface area contributed by atoms with Crippen LogP contribution in [0.2, 0.25) is 0 Å². The maximum absolute atomic E-state index is 13.1. The number of carbonyl (C=O) groups is 1. The number of nitrogens with one attached hydrogen (secondary N) is 1. The van der Waals surface area contributed by atoms with Gasteiger partial charge in [0.05, 0.1) is 18.6 Å². The van der Waals surface area contributed by atoms with Gasteiger partial charge in [-0.1, -0.05) is 11.8 Å². The van der Waals surface area contributed by atoms with Crippen molar-refractivity contribution in [3.8, 4) is 28.4 Å². The number of benzene rings is 2. The highest BCUT2D eigenvalue weighted by atomic mass is 32.2. The standard InChI is InChI=1S/C22H20FN5O2S2/c1-3-28-20(15-6-10-17(30-2)11-7-15)26-27-22(28)32-13-19(29)25-21-24-18(12-31-21)14-4-8-16(23)9-5-14/h4-12H,3,13H2,1-2H3,(H,24,25,29). The Hall–Kier alpha value is -3.24. The molecule has 0 aliphatic rings. The minimum absolute atomic E-state index is 0.173. The molecule has 0 saturated heterocycles. The van der Waals surface area contributed by atoms with E-state index in [9.17, 15) is 9.18 Å². The predicted octanol–water partition coefficient (Wildman–Crippen LogP) is 4.97. The number of nitrogens with zero attached hydrogens (tertiary/aromatic N) is 4. The van der Waals surface area contributed by atoms with E-state index in [1.54, 1.807) is 19.2 Å². The number of halogens is 1. The minimum atomic E-state index is -0.301. The average Bonchev–Trinajstić information content (AvgIpc) is 3.45. The molecule has 4 aromatic rings. The van der Waals surface area contributed by atoms with Crippen LogP contribution >= 0.6 is 23.1 Å². The lowest BCUT2D eigenvalue weighted by molar-refractivity contribution is -0.113. The quantitative estimate of drug-likeness (QED) is 0.367. The molecule has 2 aromatic heterocycles. The van der Waals surface area contributed by atoms with Crippen molar-refractivity contribution < 1.29 is 13.9 Å². The number of thiazole rings is 1. The fourth-order valence-electron chi connectivity index (χ4n) is 3.00. The summed E-state index contributed by atoms with van der Waals surface area (Å²) < 4.78 is 20.3. The first-order chi connectivity index (χ1) is 15.6. The summed E-state index contributed by atoms with van der Waals surface area (Å²) in [7, 11) is 1.62. The molecule has 0 fully saturated rings. The molecule has 4 rings (SSSR count). The van der Waals surface area contributed by atoms with Gasteiger partial charge in [-0.3, -0.25) is 4.79 Å². The van der Waals surface area contributed by atoms with Gasteiger partial charge >= 0.3 is 0 Å². The fourth-order valence-corrected chi connectivity index (χ4v) is 4.54. The van der Waals surface area contributed by atoms with E-state index in [0.29, 0.717) is 22.5 Å². The zero-order valence-corrected chi connectivity index (χ0v) is 19.0. The van der Waals surface area contributed by atoms with Crippen molar-refractivity contribution >= 4 is 34.1 Å². The number of anilines is 1. The van der Waals surface area contributed by atoms with Crippen molar-refractivity contribution in [3.63, 3.8) is 0 Å². The first kappa shape index (κ1) is 22.0. The third kappa shape index (κ3) is 4.97. The molecule has 2 heterocycles. The second-order valence-corrected chi connectivity index (χ2v) is 8.46. The maximum atomic E-state index is 13.1. The van der Waals surface area contributed by atoms with Crippen molar-refractivity contribution in [1.82, 2.24) is 19.7 Å². The molecule has 164 valence electrons. The third-order valence-corrected chi connectivity index (χ3v) is 6.33. The molecule has 7 nitrogen and oxygen atoms in total. The van der Waals surface area contributed by atoms with Crippen molar-refractivity contribution in [2.24, 2.45) is 0 Å². The molecule has 0 aliphatic carbocycles. The Bertz CT molecular complexity index is 1210. The molecule has 2 aromatic carbocycles. The molecule has 0 atom stereocenters. The molecular formula is C22H20FN5O2S2. The van der Waals surface area contributed by atoms with Gasteiger partial charge in [0.25, 0.3) is 0 Å². The van der Waals surface area contributed by atoms with Gasteiger partial charge in [-0.2, -0.15) is 0 Å². The van der Waals surface area contributed by atoms with Crippen LogP contribution in [0.1, 0.15) is 6.92 Å². The molecule has 0 radical (unpaired) electrons. The second kappa shape index (κ2) is 9.92. The van der Waals surface area contributed by atoms with Crippen LogP contribution < -0.4 is 10.1 Å². The molecule has 0 aliphatic heterocycles. The van der Waals surface area contributed by atoms with Crippen LogP contribution in [-0.4, -0.2) is 38.5 Å². The van der Waals surface area contributed by atoms with Crippen LogP contribution in [0, 0.1) is 5.82 Å². The molecule has 10 heteroatoms. The Morgan fingerprint density at radius 3 is 2.53 bits per heavy atom. The van der Waals surface area contributed by atoms with Crippen LogP contribution in [0.25, 0.3) is 22.6 Å². The first-order valence-corrected chi connectivity index (χ1v) is 11.7. The zero-order valence-electron chi connectivity index (χ0n) is 17.4. The number of methoxy groups -OCH3 is 1. The summed E-state index contributed by atoms with van der Waals surface area (Å²) in [5, 5.41) is 14.3. The number of amides is 1. The summed E-state index contributed by atoms with van der Waals surface area (Å²) in [6.45, 7) is 2.68. The van der Waals surface area contributed by atoms with E-state index in [1.807, 2.05) is 41.1 Å². The zero-order chi connectivity index (χ0) is 22.5. The third-order valence-electron chi connectivity index (χ3n) is 4.60. The van der Waals surface area contributed by atoms with E-state index in [4.69, 9.17) is 4.74 Å². The number of hydrogen-bond donors (Lipinski definition) is 1. The number of carbonyl (C=O) groups excluding carboxylic acids is 1. The Kier molecular flexibility index (Phi) is 6.81. The largest absolute Gasteiger partial charge is 0.497 e. The van der Waals surface area contributed by atoms with Crippen molar-refractivity contribution in [2.75, 3.05) is 18.2 Å². The Balaban J connectivity index is 1.39. The van der Waals surface area contributed by atoms with Gasteiger partial charge in [-0.05, 0) is 55.5 Å².